The Morgan fingerprint density at radius 3 is 2.60 bits per heavy atom. The number of hydrogen-bond acceptors (Lipinski definition) is 2. The maximum Gasteiger partial charge on any atom is 0.416 e. The number of H-pyrrole nitrogens is 1. The molecule has 0 aliphatic carbocycles. The molecule has 1 aromatic heterocycles. The lowest BCUT2D eigenvalue weighted by Crippen LogP contribution is -2.23. The Hall–Kier alpha value is -2.82. The van der Waals surface area contributed by atoms with Gasteiger partial charge in [-0.3, -0.25) is 5.10 Å². The van der Waals surface area contributed by atoms with E-state index in [1.807, 2.05) is 37.3 Å². The number of amides is 1. The number of benzene rings is 2. The van der Waals surface area contributed by atoms with Gasteiger partial charge >= 0.3 is 6.09 Å². The number of para-hydroxylation sites is 1. The van der Waals surface area contributed by atoms with Gasteiger partial charge in [0.25, 0.3) is 0 Å². The van der Waals surface area contributed by atoms with Gasteiger partial charge in [-0.2, -0.15) is 5.10 Å². The summed E-state index contributed by atoms with van der Waals surface area (Å²) in [4.78, 5) is 12.8. The first-order chi connectivity index (χ1) is 9.66. The fraction of sp³-hybridized carbons (Fsp3) is 0.0667. The number of aryl methyl sites for hydroxylation is 1. The zero-order chi connectivity index (χ0) is 14.1. The van der Waals surface area contributed by atoms with Crippen molar-refractivity contribution in [2.24, 2.45) is 0 Å². The summed E-state index contributed by atoms with van der Waals surface area (Å²) in [6.45, 7) is 1.89. The highest BCUT2D eigenvalue weighted by Gasteiger charge is 2.17. The maximum absolute atomic E-state index is 11.6. The maximum atomic E-state index is 11.6. The summed E-state index contributed by atoms with van der Waals surface area (Å²) in [7, 11) is 0. The van der Waals surface area contributed by atoms with Crippen LogP contribution in [0.1, 0.15) is 5.69 Å². The molecule has 2 aromatic carbocycles. The Morgan fingerprint density at radius 1 is 1.15 bits per heavy atom. The molecule has 0 fully saturated rings. The second-order valence-corrected chi connectivity index (χ2v) is 4.49. The molecule has 0 unspecified atom stereocenters. The van der Waals surface area contributed by atoms with Gasteiger partial charge in [0.15, 0.2) is 0 Å². The van der Waals surface area contributed by atoms with Crippen molar-refractivity contribution in [2.45, 2.75) is 6.92 Å². The molecule has 1 amide bonds. The zero-order valence-corrected chi connectivity index (χ0v) is 10.9. The fourth-order valence-corrected chi connectivity index (χ4v) is 2.22. The van der Waals surface area contributed by atoms with Crippen molar-refractivity contribution in [1.29, 1.82) is 0 Å². The van der Waals surface area contributed by atoms with Crippen molar-refractivity contribution in [3.8, 4) is 0 Å². The van der Waals surface area contributed by atoms with E-state index >= 15 is 0 Å². The minimum absolute atomic E-state index is 0.598. The molecule has 0 saturated heterocycles. The minimum atomic E-state index is -1.02. The molecule has 5 nitrogen and oxygen atoms in total. The van der Waals surface area contributed by atoms with Gasteiger partial charge in [-0.1, -0.05) is 18.2 Å². The second kappa shape index (κ2) is 4.70. The third-order valence-corrected chi connectivity index (χ3v) is 3.20. The molecule has 3 aromatic rings. The molecule has 0 aliphatic rings. The SMILES string of the molecule is Cc1n[nH]c2ccc(N(C(=O)O)c3ccccc3)cc12. The highest BCUT2D eigenvalue weighted by atomic mass is 16.4. The Labute approximate surface area is 115 Å². The van der Waals surface area contributed by atoms with Crippen LogP contribution in [0.3, 0.4) is 0 Å². The van der Waals surface area contributed by atoms with Gasteiger partial charge in [-0.15, -0.1) is 0 Å². The fourth-order valence-electron chi connectivity index (χ4n) is 2.22. The summed E-state index contributed by atoms with van der Waals surface area (Å²) in [6.07, 6.45) is -1.02. The van der Waals surface area contributed by atoms with Crippen molar-refractivity contribution in [2.75, 3.05) is 4.90 Å². The van der Waals surface area contributed by atoms with Gasteiger partial charge in [0.2, 0.25) is 0 Å². The van der Waals surface area contributed by atoms with Crippen LogP contribution in [0.5, 0.6) is 0 Å². The predicted molar refractivity (Wildman–Crippen MR) is 77.4 cm³/mol. The third-order valence-electron chi connectivity index (χ3n) is 3.20. The number of aromatic amines is 1. The van der Waals surface area contributed by atoms with Gasteiger partial charge in [0.05, 0.1) is 22.6 Å². The van der Waals surface area contributed by atoms with Crippen LogP contribution in [-0.4, -0.2) is 21.4 Å². The number of nitrogens with one attached hydrogen (secondary N) is 1. The van der Waals surface area contributed by atoms with Crippen LogP contribution >= 0.6 is 0 Å². The quantitative estimate of drug-likeness (QED) is 0.744. The number of rotatable bonds is 2. The molecule has 5 heteroatoms. The minimum Gasteiger partial charge on any atom is -0.464 e. The molecular weight excluding hydrogens is 254 g/mol. The first-order valence-corrected chi connectivity index (χ1v) is 6.19. The average molecular weight is 267 g/mol. The summed E-state index contributed by atoms with van der Waals surface area (Å²) in [5, 5.41) is 17.4. The Morgan fingerprint density at radius 2 is 1.90 bits per heavy atom. The molecule has 100 valence electrons. The van der Waals surface area contributed by atoms with Crippen LogP contribution < -0.4 is 4.90 Å². The molecule has 2 N–H and O–H groups in total. The molecule has 3 rings (SSSR count). The van der Waals surface area contributed by atoms with Gasteiger partial charge < -0.3 is 5.11 Å². The second-order valence-electron chi connectivity index (χ2n) is 4.49. The topological polar surface area (TPSA) is 69.2 Å². The van der Waals surface area contributed by atoms with Crippen LogP contribution in [0.15, 0.2) is 48.5 Å². The Balaban J connectivity index is 2.14. The molecule has 0 saturated carbocycles. The van der Waals surface area contributed by atoms with Gasteiger partial charge in [-0.05, 0) is 37.3 Å². The smallest absolute Gasteiger partial charge is 0.416 e. The Kier molecular flexibility index (Phi) is 2.87. The van der Waals surface area contributed by atoms with Crippen molar-refractivity contribution in [1.82, 2.24) is 10.2 Å². The van der Waals surface area contributed by atoms with E-state index in [2.05, 4.69) is 10.2 Å². The number of fused-ring (bicyclic) bond motifs is 1. The van der Waals surface area contributed by atoms with E-state index in [4.69, 9.17) is 0 Å². The highest BCUT2D eigenvalue weighted by molar-refractivity contribution is 5.97. The van der Waals surface area contributed by atoms with E-state index in [1.54, 1.807) is 18.2 Å². The number of aromatic nitrogens is 2. The molecule has 0 atom stereocenters. The van der Waals surface area contributed by atoms with E-state index in [9.17, 15) is 9.90 Å². The van der Waals surface area contributed by atoms with Crippen LogP contribution in [0.4, 0.5) is 16.2 Å². The van der Waals surface area contributed by atoms with E-state index < -0.39 is 6.09 Å². The van der Waals surface area contributed by atoms with E-state index in [0.717, 1.165) is 16.6 Å². The van der Waals surface area contributed by atoms with Gasteiger partial charge in [-0.25, -0.2) is 9.69 Å². The number of anilines is 2. The number of hydrogen-bond donors (Lipinski definition) is 2. The predicted octanol–water partition coefficient (Wildman–Crippen LogP) is 3.69. The third kappa shape index (κ3) is 1.99. The summed E-state index contributed by atoms with van der Waals surface area (Å²) < 4.78 is 0. The van der Waals surface area contributed by atoms with Crippen molar-refractivity contribution >= 4 is 28.4 Å². The molecule has 0 bridgehead atoms. The molecule has 1 heterocycles. The summed E-state index contributed by atoms with van der Waals surface area (Å²) in [5.41, 5.74) is 2.95. The van der Waals surface area contributed by atoms with Gasteiger partial charge in [0.1, 0.15) is 0 Å². The summed E-state index contributed by atoms with van der Waals surface area (Å²) >= 11 is 0. The lowest BCUT2D eigenvalue weighted by molar-refractivity contribution is 0.205. The van der Waals surface area contributed by atoms with Crippen LogP contribution in [0, 0.1) is 6.92 Å². The zero-order valence-electron chi connectivity index (χ0n) is 10.9. The van der Waals surface area contributed by atoms with Crippen LogP contribution in [0.2, 0.25) is 0 Å². The van der Waals surface area contributed by atoms with Crippen LogP contribution in [0.25, 0.3) is 10.9 Å². The first kappa shape index (κ1) is 12.2. The monoisotopic (exact) mass is 267 g/mol. The Bertz CT molecular complexity index is 765. The average Bonchev–Trinajstić information content (AvgIpc) is 2.81. The first-order valence-electron chi connectivity index (χ1n) is 6.19. The lowest BCUT2D eigenvalue weighted by atomic mass is 10.1. The number of carboxylic acid groups (broad SMARTS) is 1. The van der Waals surface area contributed by atoms with Gasteiger partial charge in [0, 0.05) is 5.39 Å². The van der Waals surface area contributed by atoms with E-state index in [1.165, 1.54) is 4.90 Å². The largest absolute Gasteiger partial charge is 0.464 e. The lowest BCUT2D eigenvalue weighted by Gasteiger charge is -2.19. The van der Waals surface area contributed by atoms with Crippen molar-refractivity contribution < 1.29 is 9.90 Å². The molecule has 0 spiro atoms. The van der Waals surface area contributed by atoms with Crippen molar-refractivity contribution in [3.05, 3.63) is 54.2 Å². The standard InChI is InChI=1S/C15H13N3O2/c1-10-13-9-12(7-8-14(13)17-16-10)18(15(19)20)11-5-3-2-4-6-11/h2-9H,1H3,(H,16,17)(H,19,20). The molecular formula is C15H13N3O2. The highest BCUT2D eigenvalue weighted by Crippen LogP contribution is 2.28. The normalized spacial score (nSPS) is 10.7. The van der Waals surface area contributed by atoms with E-state index in [0.29, 0.717) is 11.4 Å². The number of nitrogens with zero attached hydrogens (tertiary/aromatic N) is 2. The summed E-state index contributed by atoms with van der Waals surface area (Å²) in [5.74, 6) is 0. The number of carbonyl (C=O) groups is 1. The molecule has 0 radical (unpaired) electrons. The van der Waals surface area contributed by atoms with Crippen LogP contribution in [-0.2, 0) is 0 Å². The summed E-state index contributed by atoms with van der Waals surface area (Å²) in [6, 6.07) is 14.4. The molecule has 0 aliphatic heterocycles. The van der Waals surface area contributed by atoms with E-state index in [-0.39, 0.29) is 0 Å². The van der Waals surface area contributed by atoms with Crippen molar-refractivity contribution in [3.63, 3.8) is 0 Å². The molecule has 20 heavy (non-hydrogen) atoms.